The van der Waals surface area contributed by atoms with Crippen LogP contribution in [0.25, 0.3) is 0 Å². The Labute approximate surface area is 103 Å². The van der Waals surface area contributed by atoms with Crippen LogP contribution in [0.3, 0.4) is 0 Å². The lowest BCUT2D eigenvalue weighted by atomic mass is 9.80. The van der Waals surface area contributed by atoms with Crippen LogP contribution in [0.1, 0.15) is 54.5 Å². The fourth-order valence-electron chi connectivity index (χ4n) is 2.64. The number of rotatable bonds is 4. The van der Waals surface area contributed by atoms with Crippen molar-refractivity contribution in [1.82, 2.24) is 5.32 Å². The lowest BCUT2D eigenvalue weighted by Crippen LogP contribution is -2.38. The summed E-state index contributed by atoms with van der Waals surface area (Å²) in [6, 6.07) is 3.51. The lowest BCUT2D eigenvalue weighted by molar-refractivity contribution is 0.229. The number of hydrogen-bond acceptors (Lipinski definition) is 2. The quantitative estimate of drug-likeness (QED) is 0.827. The standard InChI is InChI=1S/C14H23NS/c1-9-8-14(12(4)16-9)11(3)15-10(2)13-6-5-7-13/h8,10-11,13,15H,5-7H2,1-4H3. The molecule has 1 fully saturated rings. The van der Waals surface area contributed by atoms with Crippen molar-refractivity contribution in [2.75, 3.05) is 0 Å². The van der Waals surface area contributed by atoms with Gasteiger partial charge in [0.15, 0.2) is 0 Å². The lowest BCUT2D eigenvalue weighted by Gasteiger charge is -2.34. The monoisotopic (exact) mass is 237 g/mol. The summed E-state index contributed by atoms with van der Waals surface area (Å²) in [6.45, 7) is 9.07. The van der Waals surface area contributed by atoms with E-state index in [1.54, 1.807) is 0 Å². The van der Waals surface area contributed by atoms with Crippen LogP contribution in [0, 0.1) is 19.8 Å². The Bertz CT molecular complexity index is 352. The van der Waals surface area contributed by atoms with E-state index < -0.39 is 0 Å². The van der Waals surface area contributed by atoms with Crippen LogP contribution in [-0.4, -0.2) is 6.04 Å². The summed E-state index contributed by atoms with van der Waals surface area (Å²) in [5.41, 5.74) is 1.49. The molecule has 1 saturated carbocycles. The Morgan fingerprint density at radius 1 is 1.31 bits per heavy atom. The predicted octanol–water partition coefficient (Wildman–Crippen LogP) is 4.20. The molecule has 1 aromatic rings. The van der Waals surface area contributed by atoms with Crippen molar-refractivity contribution >= 4 is 11.3 Å². The van der Waals surface area contributed by atoms with Gasteiger partial charge in [0, 0.05) is 21.8 Å². The van der Waals surface area contributed by atoms with Crippen molar-refractivity contribution in [1.29, 1.82) is 0 Å². The first-order valence-corrected chi connectivity index (χ1v) is 7.22. The largest absolute Gasteiger partial charge is 0.307 e. The highest BCUT2D eigenvalue weighted by Gasteiger charge is 2.25. The molecule has 2 unspecified atom stereocenters. The maximum Gasteiger partial charge on any atom is 0.0305 e. The zero-order valence-corrected chi connectivity index (χ0v) is 11.7. The van der Waals surface area contributed by atoms with Crippen LogP contribution >= 0.6 is 11.3 Å². The third-order valence-electron chi connectivity index (χ3n) is 3.92. The van der Waals surface area contributed by atoms with Gasteiger partial charge in [-0.25, -0.2) is 0 Å². The molecule has 2 heteroatoms. The Morgan fingerprint density at radius 3 is 2.44 bits per heavy atom. The number of nitrogens with one attached hydrogen (secondary N) is 1. The van der Waals surface area contributed by atoms with E-state index in [4.69, 9.17) is 0 Å². The minimum atomic E-state index is 0.501. The van der Waals surface area contributed by atoms with E-state index in [1.165, 1.54) is 34.6 Å². The topological polar surface area (TPSA) is 12.0 Å². The SMILES string of the molecule is Cc1cc(C(C)NC(C)C2CCC2)c(C)s1. The van der Waals surface area contributed by atoms with Crippen LogP contribution < -0.4 is 5.32 Å². The number of aryl methyl sites for hydroxylation is 2. The number of hydrogen-bond donors (Lipinski definition) is 1. The Kier molecular flexibility index (Phi) is 3.70. The van der Waals surface area contributed by atoms with E-state index in [1.807, 2.05) is 11.3 Å². The molecule has 0 aliphatic heterocycles. The minimum Gasteiger partial charge on any atom is -0.307 e. The summed E-state index contributed by atoms with van der Waals surface area (Å²) in [5.74, 6) is 0.919. The Morgan fingerprint density at radius 2 is 2.00 bits per heavy atom. The molecule has 0 radical (unpaired) electrons. The van der Waals surface area contributed by atoms with Crippen molar-refractivity contribution in [2.24, 2.45) is 5.92 Å². The zero-order chi connectivity index (χ0) is 11.7. The summed E-state index contributed by atoms with van der Waals surface area (Å²) in [4.78, 5) is 2.90. The van der Waals surface area contributed by atoms with E-state index in [0.717, 1.165) is 5.92 Å². The molecule has 0 spiro atoms. The van der Waals surface area contributed by atoms with Gasteiger partial charge in [-0.3, -0.25) is 0 Å². The van der Waals surface area contributed by atoms with Gasteiger partial charge in [-0.1, -0.05) is 6.42 Å². The second-order valence-corrected chi connectivity index (χ2v) is 6.70. The van der Waals surface area contributed by atoms with Gasteiger partial charge < -0.3 is 5.32 Å². The maximum atomic E-state index is 3.76. The summed E-state index contributed by atoms with van der Waals surface area (Å²) < 4.78 is 0. The van der Waals surface area contributed by atoms with Crippen LogP contribution in [-0.2, 0) is 0 Å². The van der Waals surface area contributed by atoms with Crippen LogP contribution in [0.2, 0.25) is 0 Å². The van der Waals surface area contributed by atoms with Gasteiger partial charge >= 0.3 is 0 Å². The van der Waals surface area contributed by atoms with Crippen molar-refractivity contribution in [3.05, 3.63) is 21.4 Å². The van der Waals surface area contributed by atoms with Crippen molar-refractivity contribution in [3.8, 4) is 0 Å². The fourth-order valence-corrected chi connectivity index (χ4v) is 3.66. The van der Waals surface area contributed by atoms with Crippen molar-refractivity contribution < 1.29 is 0 Å². The molecular weight excluding hydrogens is 214 g/mol. The molecule has 0 saturated heterocycles. The molecule has 1 heterocycles. The van der Waals surface area contributed by atoms with E-state index in [0.29, 0.717) is 12.1 Å². The second kappa shape index (κ2) is 4.89. The maximum absolute atomic E-state index is 3.76. The highest BCUT2D eigenvalue weighted by atomic mass is 32.1. The van der Waals surface area contributed by atoms with Gasteiger partial charge in [0.2, 0.25) is 0 Å². The molecule has 2 rings (SSSR count). The summed E-state index contributed by atoms with van der Waals surface area (Å²) in [6.07, 6.45) is 4.27. The van der Waals surface area contributed by atoms with E-state index in [2.05, 4.69) is 39.1 Å². The van der Waals surface area contributed by atoms with Crippen molar-refractivity contribution in [2.45, 2.75) is 59.0 Å². The van der Waals surface area contributed by atoms with Gasteiger partial charge in [-0.05, 0) is 58.1 Å². The van der Waals surface area contributed by atoms with Gasteiger partial charge in [0.05, 0.1) is 0 Å². The highest BCUT2D eigenvalue weighted by molar-refractivity contribution is 7.12. The molecular formula is C14H23NS. The molecule has 1 nitrogen and oxygen atoms in total. The van der Waals surface area contributed by atoms with Gasteiger partial charge in [-0.2, -0.15) is 0 Å². The average molecular weight is 237 g/mol. The fraction of sp³-hybridized carbons (Fsp3) is 0.714. The van der Waals surface area contributed by atoms with E-state index >= 15 is 0 Å². The minimum absolute atomic E-state index is 0.501. The van der Waals surface area contributed by atoms with Gasteiger partial charge in [0.25, 0.3) is 0 Å². The van der Waals surface area contributed by atoms with Gasteiger partial charge in [0.1, 0.15) is 0 Å². The van der Waals surface area contributed by atoms with Crippen molar-refractivity contribution in [3.63, 3.8) is 0 Å². The first kappa shape index (κ1) is 12.1. The molecule has 90 valence electrons. The smallest absolute Gasteiger partial charge is 0.0305 e. The summed E-state index contributed by atoms with van der Waals surface area (Å²) in [5, 5.41) is 3.76. The summed E-state index contributed by atoms with van der Waals surface area (Å²) >= 11 is 1.91. The molecule has 1 aliphatic carbocycles. The molecule has 2 atom stereocenters. The molecule has 0 amide bonds. The van der Waals surface area contributed by atoms with Crippen LogP contribution in [0.4, 0.5) is 0 Å². The number of thiophene rings is 1. The Balaban J connectivity index is 1.96. The van der Waals surface area contributed by atoms with E-state index in [9.17, 15) is 0 Å². The summed E-state index contributed by atoms with van der Waals surface area (Å²) in [7, 11) is 0. The molecule has 1 N–H and O–H groups in total. The molecule has 1 aromatic heterocycles. The predicted molar refractivity (Wildman–Crippen MR) is 72.1 cm³/mol. The first-order chi connectivity index (χ1) is 7.58. The normalized spacial score (nSPS) is 20.5. The average Bonchev–Trinajstić information content (AvgIpc) is 2.41. The molecule has 1 aliphatic rings. The van der Waals surface area contributed by atoms with Crippen LogP contribution in [0.5, 0.6) is 0 Å². The van der Waals surface area contributed by atoms with Gasteiger partial charge in [-0.15, -0.1) is 11.3 Å². The zero-order valence-electron chi connectivity index (χ0n) is 10.8. The third kappa shape index (κ3) is 2.49. The Hall–Kier alpha value is -0.340. The first-order valence-electron chi connectivity index (χ1n) is 6.41. The van der Waals surface area contributed by atoms with E-state index in [-0.39, 0.29) is 0 Å². The molecule has 0 bridgehead atoms. The highest BCUT2D eigenvalue weighted by Crippen LogP contribution is 2.32. The second-order valence-electron chi connectivity index (χ2n) is 5.24. The van der Waals surface area contributed by atoms with Crippen LogP contribution in [0.15, 0.2) is 6.07 Å². The third-order valence-corrected chi connectivity index (χ3v) is 4.90. The molecule has 0 aromatic carbocycles. The molecule has 16 heavy (non-hydrogen) atoms.